The predicted molar refractivity (Wildman–Crippen MR) is 94.9 cm³/mol. The lowest BCUT2D eigenvalue weighted by molar-refractivity contribution is -0.120. The van der Waals surface area contributed by atoms with Crippen LogP contribution in [-0.4, -0.2) is 15.9 Å². The number of hydrogen-bond acceptors (Lipinski definition) is 3. The number of thiazole rings is 1. The summed E-state index contributed by atoms with van der Waals surface area (Å²) in [5, 5.41) is 7.16. The topological polar surface area (TPSA) is 57.8 Å². The van der Waals surface area contributed by atoms with Gasteiger partial charge in [0.05, 0.1) is 23.7 Å². The number of fused-ring (bicyclic) bond motifs is 1. The second-order valence-electron chi connectivity index (χ2n) is 5.99. The second kappa shape index (κ2) is 6.16. The molecule has 3 rings (SSSR count). The van der Waals surface area contributed by atoms with E-state index < -0.39 is 0 Å². The summed E-state index contributed by atoms with van der Waals surface area (Å²) in [5.41, 5.74) is 6.63. The Labute approximate surface area is 140 Å². The van der Waals surface area contributed by atoms with E-state index in [9.17, 15) is 4.79 Å². The molecule has 0 unspecified atom stereocenters. The molecular formula is C18H21N3OS. The van der Waals surface area contributed by atoms with Crippen molar-refractivity contribution in [1.29, 1.82) is 0 Å². The summed E-state index contributed by atoms with van der Waals surface area (Å²) in [4.78, 5) is 20.1. The number of carbonyl (C=O) groups excluding carboxylic acids is 1. The van der Waals surface area contributed by atoms with Gasteiger partial charge in [-0.3, -0.25) is 4.79 Å². The molecule has 0 spiro atoms. The van der Waals surface area contributed by atoms with Crippen LogP contribution in [0, 0.1) is 27.7 Å². The Morgan fingerprint density at radius 3 is 2.65 bits per heavy atom. The molecule has 0 aliphatic carbocycles. The summed E-state index contributed by atoms with van der Waals surface area (Å²) in [5.74, 6) is 0.0283. The van der Waals surface area contributed by atoms with Gasteiger partial charge in [0.25, 0.3) is 0 Å². The van der Waals surface area contributed by atoms with Crippen LogP contribution in [0.1, 0.15) is 33.1 Å². The number of aromatic nitrogens is 2. The highest BCUT2D eigenvalue weighted by Crippen LogP contribution is 2.28. The zero-order valence-electron chi connectivity index (χ0n) is 13.9. The minimum Gasteiger partial charge on any atom is -0.358 e. The highest BCUT2D eigenvalue weighted by atomic mass is 32.1. The van der Waals surface area contributed by atoms with Crippen molar-refractivity contribution in [3.05, 3.63) is 50.6 Å². The monoisotopic (exact) mass is 327 g/mol. The van der Waals surface area contributed by atoms with Crippen LogP contribution in [0.25, 0.3) is 10.9 Å². The molecule has 0 saturated heterocycles. The van der Waals surface area contributed by atoms with E-state index in [1.807, 2.05) is 19.2 Å². The second-order valence-corrected chi connectivity index (χ2v) is 7.05. The standard InChI is InChI=1S/C18H21N3OS/c1-10-5-6-11(2)18-17(10)15(12(3)20-18)7-16(22)19-8-14-9-23-13(4)21-14/h5-6,9,20H,7-8H2,1-4H3,(H,19,22). The molecule has 4 nitrogen and oxygen atoms in total. The molecule has 120 valence electrons. The van der Waals surface area contributed by atoms with E-state index in [2.05, 4.69) is 41.3 Å². The fourth-order valence-electron chi connectivity index (χ4n) is 2.93. The summed E-state index contributed by atoms with van der Waals surface area (Å²) >= 11 is 1.60. The van der Waals surface area contributed by atoms with Crippen LogP contribution >= 0.6 is 11.3 Å². The third kappa shape index (κ3) is 3.15. The van der Waals surface area contributed by atoms with Crippen LogP contribution in [0.4, 0.5) is 0 Å². The van der Waals surface area contributed by atoms with E-state index in [1.54, 1.807) is 11.3 Å². The van der Waals surface area contributed by atoms with E-state index in [0.717, 1.165) is 27.5 Å². The van der Waals surface area contributed by atoms with Gasteiger partial charge in [-0.15, -0.1) is 11.3 Å². The van der Waals surface area contributed by atoms with Gasteiger partial charge in [-0.05, 0) is 44.4 Å². The van der Waals surface area contributed by atoms with Crippen molar-refractivity contribution in [1.82, 2.24) is 15.3 Å². The first kappa shape index (κ1) is 15.7. The third-order valence-corrected chi connectivity index (χ3v) is 4.98. The third-order valence-electron chi connectivity index (χ3n) is 4.16. The quantitative estimate of drug-likeness (QED) is 0.767. The Kier molecular flexibility index (Phi) is 4.22. The summed E-state index contributed by atoms with van der Waals surface area (Å²) in [7, 11) is 0. The molecule has 2 heterocycles. The molecule has 1 amide bonds. The number of hydrogen-bond donors (Lipinski definition) is 2. The molecule has 0 aliphatic heterocycles. The SMILES string of the molecule is Cc1nc(CNC(=O)Cc2c(C)[nH]c3c(C)ccc(C)c23)cs1. The Balaban J connectivity index is 1.79. The Morgan fingerprint density at radius 1 is 1.22 bits per heavy atom. The zero-order valence-corrected chi connectivity index (χ0v) is 14.7. The lowest BCUT2D eigenvalue weighted by Crippen LogP contribution is -2.25. The van der Waals surface area contributed by atoms with Crippen molar-refractivity contribution in [2.24, 2.45) is 0 Å². The van der Waals surface area contributed by atoms with Crippen LogP contribution in [0.2, 0.25) is 0 Å². The molecule has 2 N–H and O–H groups in total. The number of amides is 1. The highest BCUT2D eigenvalue weighted by molar-refractivity contribution is 7.09. The maximum absolute atomic E-state index is 12.3. The molecule has 0 radical (unpaired) electrons. The van der Waals surface area contributed by atoms with E-state index in [1.165, 1.54) is 16.5 Å². The zero-order chi connectivity index (χ0) is 16.6. The molecule has 0 aliphatic rings. The lowest BCUT2D eigenvalue weighted by Gasteiger charge is -2.06. The number of aromatic amines is 1. The molecule has 3 aromatic rings. The fourth-order valence-corrected chi connectivity index (χ4v) is 3.55. The van der Waals surface area contributed by atoms with Crippen molar-refractivity contribution in [2.45, 2.75) is 40.7 Å². The number of benzene rings is 1. The number of rotatable bonds is 4. The smallest absolute Gasteiger partial charge is 0.224 e. The summed E-state index contributed by atoms with van der Waals surface area (Å²) in [6, 6.07) is 4.23. The van der Waals surface area contributed by atoms with Crippen LogP contribution in [-0.2, 0) is 17.8 Å². The minimum atomic E-state index is 0.0283. The Hall–Kier alpha value is -2.14. The number of nitrogens with zero attached hydrogens (tertiary/aromatic N) is 1. The molecule has 5 heteroatoms. The van der Waals surface area contributed by atoms with E-state index >= 15 is 0 Å². The van der Waals surface area contributed by atoms with Gasteiger partial charge < -0.3 is 10.3 Å². The van der Waals surface area contributed by atoms with E-state index in [4.69, 9.17) is 0 Å². The Bertz CT molecular complexity index is 876. The number of nitrogens with one attached hydrogen (secondary N) is 2. The minimum absolute atomic E-state index is 0.0283. The predicted octanol–water partition coefficient (Wildman–Crippen LogP) is 3.72. The first-order valence-corrected chi connectivity index (χ1v) is 8.58. The molecule has 0 atom stereocenters. The molecule has 0 bridgehead atoms. The maximum atomic E-state index is 12.3. The molecule has 23 heavy (non-hydrogen) atoms. The van der Waals surface area contributed by atoms with Crippen molar-refractivity contribution >= 4 is 28.1 Å². The van der Waals surface area contributed by atoms with E-state index in [0.29, 0.717) is 13.0 Å². The van der Waals surface area contributed by atoms with Gasteiger partial charge in [0, 0.05) is 22.0 Å². The van der Waals surface area contributed by atoms with Gasteiger partial charge in [0.15, 0.2) is 0 Å². The molecular weight excluding hydrogens is 306 g/mol. The first-order chi connectivity index (χ1) is 11.0. The number of aryl methyl sites for hydroxylation is 4. The number of H-pyrrole nitrogens is 1. The average molecular weight is 327 g/mol. The largest absolute Gasteiger partial charge is 0.358 e. The number of carbonyl (C=O) groups is 1. The summed E-state index contributed by atoms with van der Waals surface area (Å²) < 4.78 is 0. The van der Waals surface area contributed by atoms with Crippen LogP contribution in [0.3, 0.4) is 0 Å². The van der Waals surface area contributed by atoms with Gasteiger partial charge in [-0.2, -0.15) is 0 Å². The van der Waals surface area contributed by atoms with Crippen LogP contribution < -0.4 is 5.32 Å². The van der Waals surface area contributed by atoms with Gasteiger partial charge in [-0.25, -0.2) is 4.98 Å². The van der Waals surface area contributed by atoms with Crippen LogP contribution in [0.5, 0.6) is 0 Å². The van der Waals surface area contributed by atoms with Gasteiger partial charge in [0.1, 0.15) is 0 Å². The van der Waals surface area contributed by atoms with Crippen molar-refractivity contribution in [2.75, 3.05) is 0 Å². The summed E-state index contributed by atoms with van der Waals surface area (Å²) in [6.07, 6.45) is 0.388. The highest BCUT2D eigenvalue weighted by Gasteiger charge is 2.15. The van der Waals surface area contributed by atoms with E-state index in [-0.39, 0.29) is 5.91 Å². The van der Waals surface area contributed by atoms with Gasteiger partial charge in [-0.1, -0.05) is 12.1 Å². The molecule has 0 saturated carbocycles. The van der Waals surface area contributed by atoms with Crippen molar-refractivity contribution < 1.29 is 4.79 Å². The lowest BCUT2D eigenvalue weighted by atomic mass is 10.0. The maximum Gasteiger partial charge on any atom is 0.224 e. The normalized spacial score (nSPS) is 11.1. The van der Waals surface area contributed by atoms with Crippen molar-refractivity contribution in [3.8, 4) is 0 Å². The van der Waals surface area contributed by atoms with Crippen molar-refractivity contribution in [3.63, 3.8) is 0 Å². The average Bonchev–Trinajstić information content (AvgIpc) is 3.06. The van der Waals surface area contributed by atoms with Crippen LogP contribution in [0.15, 0.2) is 17.5 Å². The first-order valence-electron chi connectivity index (χ1n) is 7.70. The molecule has 1 aromatic carbocycles. The van der Waals surface area contributed by atoms with Gasteiger partial charge in [0.2, 0.25) is 5.91 Å². The Morgan fingerprint density at radius 2 is 1.96 bits per heavy atom. The summed E-state index contributed by atoms with van der Waals surface area (Å²) in [6.45, 7) is 8.67. The molecule has 0 fully saturated rings. The fraction of sp³-hybridized carbons (Fsp3) is 0.333. The molecule has 2 aromatic heterocycles. The van der Waals surface area contributed by atoms with Gasteiger partial charge >= 0.3 is 0 Å².